The average molecular weight is 395 g/mol. The fraction of sp³-hybridized carbons (Fsp3) is 0.783. The Kier molecular flexibility index (Phi) is 7.51. The highest BCUT2D eigenvalue weighted by atomic mass is 16.6. The maximum Gasteiger partial charge on any atom is 0.331 e. The van der Waals surface area contributed by atoms with Gasteiger partial charge in [-0.05, 0) is 68.6 Å². The summed E-state index contributed by atoms with van der Waals surface area (Å²) < 4.78 is 5.03. The summed E-state index contributed by atoms with van der Waals surface area (Å²) in [4.78, 5) is 12.0. The fourth-order valence-electron chi connectivity index (χ4n) is 5.49. The van der Waals surface area contributed by atoms with E-state index in [1.165, 1.54) is 11.6 Å². The monoisotopic (exact) mass is 394 g/mol. The molecule has 3 N–H and O–H groups in total. The van der Waals surface area contributed by atoms with Crippen LogP contribution in [0.3, 0.4) is 0 Å². The third kappa shape index (κ3) is 4.52. The zero-order chi connectivity index (χ0) is 21.1. The van der Waals surface area contributed by atoms with Gasteiger partial charge in [-0.25, -0.2) is 4.79 Å². The van der Waals surface area contributed by atoms with Gasteiger partial charge >= 0.3 is 5.97 Å². The van der Waals surface area contributed by atoms with Gasteiger partial charge in [0.2, 0.25) is 0 Å². The predicted octanol–water partition coefficient (Wildman–Crippen LogP) is 3.38. The molecule has 1 fully saturated rings. The van der Waals surface area contributed by atoms with Crippen molar-refractivity contribution in [3.8, 4) is 0 Å². The third-order valence-corrected chi connectivity index (χ3v) is 7.73. The average Bonchev–Trinajstić information content (AvgIpc) is 2.64. The summed E-state index contributed by atoms with van der Waals surface area (Å²) in [6, 6.07) is 0. The summed E-state index contributed by atoms with van der Waals surface area (Å²) in [5.74, 6) is 0.175. The van der Waals surface area contributed by atoms with Gasteiger partial charge in [-0.3, -0.25) is 0 Å². The molecule has 0 bridgehead atoms. The third-order valence-electron chi connectivity index (χ3n) is 7.73. The zero-order valence-corrected chi connectivity index (χ0v) is 18.1. The number of aliphatic hydroxyl groups excluding tert-OH is 3. The van der Waals surface area contributed by atoms with Crippen molar-refractivity contribution in [1.29, 1.82) is 0 Å². The van der Waals surface area contributed by atoms with Gasteiger partial charge in [-0.1, -0.05) is 38.0 Å². The van der Waals surface area contributed by atoms with Crippen LogP contribution in [0.1, 0.15) is 66.7 Å². The smallest absolute Gasteiger partial charge is 0.331 e. The van der Waals surface area contributed by atoms with E-state index >= 15 is 0 Å². The van der Waals surface area contributed by atoms with E-state index in [2.05, 4.69) is 33.8 Å². The van der Waals surface area contributed by atoms with Crippen molar-refractivity contribution in [3.63, 3.8) is 0 Å². The number of ether oxygens (including phenoxy) is 1. The first kappa shape index (κ1) is 23.1. The number of aliphatic hydroxyl groups is 3. The van der Waals surface area contributed by atoms with Crippen LogP contribution in [-0.2, 0) is 9.53 Å². The minimum atomic E-state index is -0.875. The van der Waals surface area contributed by atoms with Crippen molar-refractivity contribution in [3.05, 3.63) is 23.3 Å². The molecule has 0 aromatic carbocycles. The van der Waals surface area contributed by atoms with Crippen LogP contribution in [0.25, 0.3) is 0 Å². The Hall–Kier alpha value is -1.17. The number of hydrogen-bond acceptors (Lipinski definition) is 5. The van der Waals surface area contributed by atoms with Gasteiger partial charge in [-0.15, -0.1) is 0 Å². The number of esters is 1. The Labute approximate surface area is 169 Å². The van der Waals surface area contributed by atoms with Gasteiger partial charge < -0.3 is 20.1 Å². The van der Waals surface area contributed by atoms with Crippen molar-refractivity contribution in [2.45, 2.75) is 78.9 Å². The van der Waals surface area contributed by atoms with E-state index in [4.69, 9.17) is 14.9 Å². The summed E-state index contributed by atoms with van der Waals surface area (Å²) in [5, 5.41) is 28.9. The molecule has 5 nitrogen and oxygen atoms in total. The first-order valence-corrected chi connectivity index (χ1v) is 10.5. The molecular weight excluding hydrogens is 356 g/mol. The van der Waals surface area contributed by atoms with E-state index in [-0.39, 0.29) is 22.9 Å². The molecule has 2 rings (SSSR count). The first-order chi connectivity index (χ1) is 13.1. The molecule has 0 amide bonds. The van der Waals surface area contributed by atoms with Crippen LogP contribution >= 0.6 is 0 Å². The van der Waals surface area contributed by atoms with Crippen LogP contribution in [0.15, 0.2) is 23.3 Å². The van der Waals surface area contributed by atoms with Gasteiger partial charge in [0.25, 0.3) is 0 Å². The maximum absolute atomic E-state index is 12.0. The summed E-state index contributed by atoms with van der Waals surface area (Å²) in [5.41, 5.74) is 2.33. The molecule has 0 aromatic heterocycles. The molecule has 0 spiro atoms. The van der Waals surface area contributed by atoms with Crippen molar-refractivity contribution in [2.75, 3.05) is 13.2 Å². The van der Waals surface area contributed by atoms with E-state index < -0.39 is 25.3 Å². The molecule has 1 saturated carbocycles. The number of rotatable bonds is 7. The van der Waals surface area contributed by atoms with Gasteiger partial charge in [0.05, 0.1) is 19.3 Å². The van der Waals surface area contributed by atoms with E-state index in [1.54, 1.807) is 0 Å². The van der Waals surface area contributed by atoms with Crippen LogP contribution in [0.2, 0.25) is 0 Å². The highest BCUT2D eigenvalue weighted by Gasteiger charge is 2.55. The molecule has 160 valence electrons. The summed E-state index contributed by atoms with van der Waals surface area (Å²) in [7, 11) is 0. The van der Waals surface area contributed by atoms with Crippen molar-refractivity contribution in [2.24, 2.45) is 22.7 Å². The molecule has 0 aliphatic heterocycles. The summed E-state index contributed by atoms with van der Waals surface area (Å²) in [6.45, 7) is 10.1. The number of allylic oxidation sites excluding steroid dienone is 3. The second-order valence-corrected chi connectivity index (χ2v) is 9.42. The van der Waals surface area contributed by atoms with Crippen molar-refractivity contribution < 1.29 is 24.9 Å². The largest absolute Gasteiger partial charge is 0.454 e. The van der Waals surface area contributed by atoms with E-state index in [0.29, 0.717) is 5.92 Å². The van der Waals surface area contributed by atoms with Gasteiger partial charge in [0, 0.05) is 6.08 Å². The lowest BCUT2D eigenvalue weighted by Gasteiger charge is -2.59. The first-order valence-electron chi connectivity index (χ1n) is 10.5. The molecule has 0 radical (unpaired) electrons. The lowest BCUT2D eigenvalue weighted by atomic mass is 9.46. The Morgan fingerprint density at radius 1 is 1.36 bits per heavy atom. The SMILES string of the molecule is CC(=CC(=O)OC(CO)CO)CC[C@]1(C)[C@@H](C)[C@@H](O)C[C@]2(C)C(C)=CCC[C@@H]12. The van der Waals surface area contributed by atoms with E-state index in [0.717, 1.165) is 37.7 Å². The van der Waals surface area contributed by atoms with Crippen LogP contribution in [0, 0.1) is 22.7 Å². The standard InChI is InChI=1S/C23H38O5/c1-15(11-21(27)28-18(13-24)14-25)9-10-22(4)17(3)19(26)12-23(5)16(2)7-6-8-20(22)23/h7,11,17-20,24-26H,6,8-10,12-14H2,1-5H3/t17-,19-,20-,22+,23+/m0/s1. The maximum atomic E-state index is 12.0. The lowest BCUT2D eigenvalue weighted by molar-refractivity contribution is -0.147. The highest BCUT2D eigenvalue weighted by molar-refractivity contribution is 5.82. The number of carbonyl (C=O) groups excluding carboxylic acids is 1. The fourth-order valence-corrected chi connectivity index (χ4v) is 5.49. The number of fused-ring (bicyclic) bond motifs is 1. The normalized spacial score (nSPS) is 36.1. The van der Waals surface area contributed by atoms with Crippen LogP contribution in [-0.4, -0.2) is 46.7 Å². The van der Waals surface area contributed by atoms with Gasteiger partial charge in [-0.2, -0.15) is 0 Å². The summed E-state index contributed by atoms with van der Waals surface area (Å²) >= 11 is 0. The molecule has 5 atom stereocenters. The minimum absolute atomic E-state index is 0.0142. The molecule has 0 aromatic rings. The van der Waals surface area contributed by atoms with Crippen molar-refractivity contribution >= 4 is 5.97 Å². The quantitative estimate of drug-likeness (QED) is 0.350. The van der Waals surface area contributed by atoms with E-state index in [9.17, 15) is 9.90 Å². The second-order valence-electron chi connectivity index (χ2n) is 9.42. The molecule has 28 heavy (non-hydrogen) atoms. The van der Waals surface area contributed by atoms with Gasteiger partial charge in [0.15, 0.2) is 0 Å². The Morgan fingerprint density at radius 2 is 2.00 bits per heavy atom. The molecule has 0 saturated heterocycles. The molecular formula is C23H38O5. The van der Waals surface area contributed by atoms with Crippen molar-refractivity contribution in [1.82, 2.24) is 0 Å². The number of carbonyl (C=O) groups is 1. The number of hydrogen-bond donors (Lipinski definition) is 3. The molecule has 2 aliphatic carbocycles. The predicted molar refractivity (Wildman–Crippen MR) is 110 cm³/mol. The van der Waals surface area contributed by atoms with Crippen LogP contribution < -0.4 is 0 Å². The molecule has 0 heterocycles. The Balaban J connectivity index is 2.13. The van der Waals surface area contributed by atoms with Crippen LogP contribution in [0.4, 0.5) is 0 Å². The van der Waals surface area contributed by atoms with Crippen LogP contribution in [0.5, 0.6) is 0 Å². The molecule has 5 heteroatoms. The zero-order valence-electron chi connectivity index (χ0n) is 18.1. The van der Waals surface area contributed by atoms with E-state index in [1.807, 2.05) is 6.92 Å². The van der Waals surface area contributed by atoms with Gasteiger partial charge in [0.1, 0.15) is 6.10 Å². The highest BCUT2D eigenvalue weighted by Crippen LogP contribution is 2.61. The second kappa shape index (κ2) is 9.10. The molecule has 2 aliphatic rings. The lowest BCUT2D eigenvalue weighted by Crippen LogP contribution is -2.55. The minimum Gasteiger partial charge on any atom is -0.454 e. The Bertz CT molecular complexity index is 620. The summed E-state index contributed by atoms with van der Waals surface area (Å²) in [6.07, 6.45) is 7.30. The molecule has 0 unspecified atom stereocenters. The topological polar surface area (TPSA) is 87.0 Å². The Morgan fingerprint density at radius 3 is 2.61 bits per heavy atom.